The molecule has 1 atom stereocenters. The maximum atomic E-state index is 5.62. The molecule has 0 radical (unpaired) electrons. The van der Waals surface area contributed by atoms with E-state index in [-0.39, 0.29) is 0 Å². The molecule has 2 nitrogen and oxygen atoms in total. The Morgan fingerprint density at radius 1 is 1.29 bits per heavy atom. The standard InChI is InChI=1S/C15H25NO/c1-6-9-16-12(11-8-7-10-17-11)13-14(2,3)15(13,4)5/h7-8,10,12-13,16H,6,9H2,1-5H3. The third-order valence-electron chi connectivity index (χ3n) is 4.93. The van der Waals surface area contributed by atoms with E-state index in [4.69, 9.17) is 4.42 Å². The average Bonchev–Trinajstić information content (AvgIpc) is 2.66. The minimum absolute atomic E-state index is 0.356. The zero-order valence-corrected chi connectivity index (χ0v) is 11.7. The quantitative estimate of drug-likeness (QED) is 0.834. The van der Waals surface area contributed by atoms with Crippen molar-refractivity contribution in [3.8, 4) is 0 Å². The summed E-state index contributed by atoms with van der Waals surface area (Å²) >= 11 is 0. The first-order valence-electron chi connectivity index (χ1n) is 6.69. The Kier molecular flexibility index (Phi) is 3.11. The van der Waals surface area contributed by atoms with Gasteiger partial charge in [-0.15, -0.1) is 0 Å². The molecule has 0 spiro atoms. The van der Waals surface area contributed by atoms with Crippen molar-refractivity contribution in [2.45, 2.75) is 47.1 Å². The van der Waals surface area contributed by atoms with Crippen molar-refractivity contribution < 1.29 is 4.42 Å². The molecule has 1 heterocycles. The maximum absolute atomic E-state index is 5.62. The first-order chi connectivity index (χ1) is 7.93. The summed E-state index contributed by atoms with van der Waals surface area (Å²) in [6.45, 7) is 12.7. The Labute approximate surface area is 105 Å². The molecule has 96 valence electrons. The van der Waals surface area contributed by atoms with Crippen LogP contribution in [0.2, 0.25) is 0 Å². The molecule has 0 amide bonds. The van der Waals surface area contributed by atoms with Crippen molar-refractivity contribution in [2.75, 3.05) is 6.54 Å². The molecule has 1 unspecified atom stereocenters. The molecule has 1 aliphatic rings. The van der Waals surface area contributed by atoms with Crippen molar-refractivity contribution >= 4 is 0 Å². The second-order valence-electron chi connectivity index (χ2n) is 6.37. The van der Waals surface area contributed by atoms with E-state index in [0.717, 1.165) is 18.7 Å². The molecule has 0 saturated heterocycles. The molecular weight excluding hydrogens is 210 g/mol. The normalized spacial score (nSPS) is 23.6. The smallest absolute Gasteiger partial charge is 0.120 e. The van der Waals surface area contributed by atoms with Gasteiger partial charge in [-0.3, -0.25) is 0 Å². The topological polar surface area (TPSA) is 25.2 Å². The Balaban J connectivity index is 2.19. The van der Waals surface area contributed by atoms with Crippen LogP contribution in [0.1, 0.15) is 52.8 Å². The van der Waals surface area contributed by atoms with Crippen LogP contribution in [-0.4, -0.2) is 6.54 Å². The maximum Gasteiger partial charge on any atom is 0.120 e. The highest BCUT2D eigenvalue weighted by Gasteiger charge is 2.67. The molecule has 17 heavy (non-hydrogen) atoms. The molecular formula is C15H25NO. The van der Waals surface area contributed by atoms with Gasteiger partial charge in [-0.2, -0.15) is 0 Å². The molecule has 0 bridgehead atoms. The lowest BCUT2D eigenvalue weighted by atomic mass is 10.0. The van der Waals surface area contributed by atoms with Crippen molar-refractivity contribution in [2.24, 2.45) is 16.7 Å². The molecule has 0 aliphatic heterocycles. The summed E-state index contributed by atoms with van der Waals surface area (Å²) in [6, 6.07) is 4.44. The predicted molar refractivity (Wildman–Crippen MR) is 70.8 cm³/mol. The number of nitrogens with one attached hydrogen (secondary N) is 1. The van der Waals surface area contributed by atoms with Crippen LogP contribution in [0.4, 0.5) is 0 Å². The highest BCUT2D eigenvalue weighted by atomic mass is 16.3. The zero-order chi connectivity index (χ0) is 12.7. The summed E-state index contributed by atoms with van der Waals surface area (Å²) in [5, 5.41) is 3.65. The van der Waals surface area contributed by atoms with Gasteiger partial charge in [-0.05, 0) is 41.8 Å². The Morgan fingerprint density at radius 2 is 1.94 bits per heavy atom. The minimum Gasteiger partial charge on any atom is -0.468 e. The van der Waals surface area contributed by atoms with Gasteiger partial charge in [0, 0.05) is 0 Å². The predicted octanol–water partition coefficient (Wildman–Crippen LogP) is 4.00. The zero-order valence-electron chi connectivity index (χ0n) is 11.7. The van der Waals surface area contributed by atoms with Crippen LogP contribution < -0.4 is 5.32 Å². The Bertz CT molecular complexity index is 350. The fourth-order valence-corrected chi connectivity index (χ4v) is 3.23. The lowest BCUT2D eigenvalue weighted by molar-refractivity contribution is 0.342. The van der Waals surface area contributed by atoms with Crippen LogP contribution in [0.3, 0.4) is 0 Å². The molecule has 2 rings (SSSR count). The first-order valence-corrected chi connectivity index (χ1v) is 6.69. The molecule has 1 aromatic rings. The van der Waals surface area contributed by atoms with Gasteiger partial charge in [0.25, 0.3) is 0 Å². The molecule has 1 fully saturated rings. The van der Waals surface area contributed by atoms with Crippen LogP contribution in [0, 0.1) is 16.7 Å². The third kappa shape index (κ3) is 1.93. The number of hydrogen-bond acceptors (Lipinski definition) is 2. The summed E-state index contributed by atoms with van der Waals surface area (Å²) in [7, 11) is 0. The van der Waals surface area contributed by atoms with E-state index in [9.17, 15) is 0 Å². The fourth-order valence-electron chi connectivity index (χ4n) is 3.23. The second kappa shape index (κ2) is 4.16. The van der Waals surface area contributed by atoms with Gasteiger partial charge < -0.3 is 9.73 Å². The molecule has 1 aromatic heterocycles. The first kappa shape index (κ1) is 12.7. The fraction of sp³-hybridized carbons (Fsp3) is 0.733. The van der Waals surface area contributed by atoms with E-state index < -0.39 is 0 Å². The van der Waals surface area contributed by atoms with Gasteiger partial charge in [-0.25, -0.2) is 0 Å². The van der Waals surface area contributed by atoms with Gasteiger partial charge in [-0.1, -0.05) is 34.6 Å². The lowest BCUT2D eigenvalue weighted by Crippen LogP contribution is -2.25. The summed E-state index contributed by atoms with van der Waals surface area (Å²) in [4.78, 5) is 0. The largest absolute Gasteiger partial charge is 0.468 e. The second-order valence-corrected chi connectivity index (χ2v) is 6.37. The van der Waals surface area contributed by atoms with Crippen LogP contribution in [-0.2, 0) is 0 Å². The average molecular weight is 235 g/mol. The van der Waals surface area contributed by atoms with Crippen molar-refractivity contribution in [1.29, 1.82) is 0 Å². The summed E-state index contributed by atoms with van der Waals surface area (Å²) in [5.41, 5.74) is 0.760. The van der Waals surface area contributed by atoms with Gasteiger partial charge in [0.1, 0.15) is 5.76 Å². The highest BCUT2D eigenvalue weighted by Crippen LogP contribution is 2.72. The molecule has 1 saturated carbocycles. The summed E-state index contributed by atoms with van der Waals surface area (Å²) < 4.78 is 5.62. The van der Waals surface area contributed by atoms with Crippen LogP contribution in [0.15, 0.2) is 22.8 Å². The van der Waals surface area contributed by atoms with E-state index in [2.05, 4.69) is 46.0 Å². The molecule has 2 heteroatoms. The van der Waals surface area contributed by atoms with E-state index in [1.165, 1.54) is 0 Å². The van der Waals surface area contributed by atoms with E-state index in [0.29, 0.717) is 22.8 Å². The van der Waals surface area contributed by atoms with Gasteiger partial charge in [0.2, 0.25) is 0 Å². The van der Waals surface area contributed by atoms with Gasteiger partial charge in [0.15, 0.2) is 0 Å². The summed E-state index contributed by atoms with van der Waals surface area (Å²) in [6.07, 6.45) is 2.93. The Morgan fingerprint density at radius 3 is 2.35 bits per heavy atom. The highest BCUT2D eigenvalue weighted by molar-refractivity contribution is 5.21. The van der Waals surface area contributed by atoms with Crippen LogP contribution in [0.5, 0.6) is 0 Å². The van der Waals surface area contributed by atoms with Crippen LogP contribution >= 0.6 is 0 Å². The van der Waals surface area contributed by atoms with Crippen molar-refractivity contribution in [3.63, 3.8) is 0 Å². The molecule has 1 N–H and O–H groups in total. The van der Waals surface area contributed by atoms with E-state index in [1.54, 1.807) is 6.26 Å². The number of hydrogen-bond donors (Lipinski definition) is 1. The molecule has 0 aromatic carbocycles. The van der Waals surface area contributed by atoms with Crippen molar-refractivity contribution in [3.05, 3.63) is 24.2 Å². The van der Waals surface area contributed by atoms with E-state index >= 15 is 0 Å². The van der Waals surface area contributed by atoms with Crippen LogP contribution in [0.25, 0.3) is 0 Å². The van der Waals surface area contributed by atoms with E-state index in [1.807, 2.05) is 6.07 Å². The number of furan rings is 1. The Hall–Kier alpha value is -0.760. The summed E-state index contributed by atoms with van der Waals surface area (Å²) in [5.74, 6) is 1.73. The molecule has 1 aliphatic carbocycles. The number of rotatable bonds is 5. The van der Waals surface area contributed by atoms with Crippen molar-refractivity contribution in [1.82, 2.24) is 5.32 Å². The van der Waals surface area contributed by atoms with Gasteiger partial charge in [0.05, 0.1) is 12.3 Å². The third-order valence-corrected chi connectivity index (χ3v) is 4.93. The SMILES string of the molecule is CCCNC(c1ccco1)C1C(C)(C)C1(C)C. The minimum atomic E-state index is 0.356. The monoisotopic (exact) mass is 235 g/mol. The lowest BCUT2D eigenvalue weighted by Gasteiger charge is -2.18. The van der Waals surface area contributed by atoms with Gasteiger partial charge >= 0.3 is 0 Å².